The van der Waals surface area contributed by atoms with Crippen molar-refractivity contribution in [1.29, 1.82) is 0 Å². The lowest BCUT2D eigenvalue weighted by Gasteiger charge is -2.31. The molecule has 206 valence electrons. The molecule has 0 aromatic carbocycles. The van der Waals surface area contributed by atoms with Gasteiger partial charge in [0.1, 0.15) is 10.8 Å². The minimum Gasteiger partial charge on any atom is -0.358 e. The second-order valence-electron chi connectivity index (χ2n) is 8.95. The van der Waals surface area contributed by atoms with Gasteiger partial charge in [0.2, 0.25) is 0 Å². The second-order valence-corrected chi connectivity index (χ2v) is 19.8. The van der Waals surface area contributed by atoms with E-state index in [9.17, 15) is 0 Å². The fraction of sp³-hybridized carbons (Fsp3) is 1.00. The normalized spacial score (nSPS) is 13.2. The maximum absolute atomic E-state index is 5.83. The molecule has 0 rings (SSSR count). The third-order valence-corrected chi connectivity index (χ3v) is 18.2. The molecule has 0 radical (unpaired) electrons. The zero-order chi connectivity index (χ0) is 25.4. The summed E-state index contributed by atoms with van der Waals surface area (Å²) in [4.78, 5) is 0. The molecule has 0 saturated heterocycles. The van der Waals surface area contributed by atoms with Crippen molar-refractivity contribution in [3.8, 4) is 0 Å². The highest BCUT2D eigenvalue weighted by Crippen LogP contribution is 2.43. The van der Waals surface area contributed by atoms with Crippen LogP contribution in [0.4, 0.5) is 0 Å². The number of rotatable bonds is 27. The summed E-state index contributed by atoms with van der Waals surface area (Å²) in [6, 6.07) is 2.65. The molecule has 0 atom stereocenters. The van der Waals surface area contributed by atoms with E-state index in [1.807, 2.05) is 69.7 Å². The lowest BCUT2D eigenvalue weighted by Crippen LogP contribution is -2.40. The zero-order valence-corrected chi connectivity index (χ0v) is 29.1. The van der Waals surface area contributed by atoms with Gasteiger partial charge in [-0.25, -0.2) is 0 Å². The first kappa shape index (κ1) is 35.7. The van der Waals surface area contributed by atoms with Crippen molar-refractivity contribution in [2.45, 2.75) is 114 Å². The molecule has 0 N–H and O–H groups in total. The Hall–Kier alpha value is 1.67. The smallest absolute Gasteiger partial charge is 0.144 e. The first-order chi connectivity index (χ1) is 16.6. The summed E-state index contributed by atoms with van der Waals surface area (Å²) < 4.78 is 23.3. The number of hydrogen-bond acceptors (Lipinski definition) is 8. The van der Waals surface area contributed by atoms with Crippen LogP contribution in [0.3, 0.4) is 0 Å². The van der Waals surface area contributed by atoms with Crippen LogP contribution < -0.4 is 0 Å². The Labute approximate surface area is 231 Å². The molecule has 0 aromatic rings. The van der Waals surface area contributed by atoms with Crippen LogP contribution >= 0.6 is 41.2 Å². The molecule has 34 heavy (non-hydrogen) atoms. The van der Waals surface area contributed by atoms with Gasteiger partial charge >= 0.3 is 0 Å². The average Bonchev–Trinajstić information content (AvgIpc) is 2.87. The van der Waals surface area contributed by atoms with Crippen molar-refractivity contribution in [1.82, 2.24) is 0 Å². The SMILES string of the molecule is CCCCC[SiH2]C(CCCCSSSSCCCCC(OC)(OC)[SiH2]CCCCC)(OC)OC. The van der Waals surface area contributed by atoms with Crippen molar-refractivity contribution < 1.29 is 18.9 Å². The van der Waals surface area contributed by atoms with Gasteiger partial charge in [-0.05, 0) is 58.2 Å². The number of methoxy groups -OCH3 is 4. The van der Waals surface area contributed by atoms with E-state index >= 15 is 0 Å². The quantitative estimate of drug-likeness (QED) is 0.0422. The first-order valence-corrected chi connectivity index (χ1v) is 21.9. The fourth-order valence-electron chi connectivity index (χ4n) is 4.09. The topological polar surface area (TPSA) is 36.9 Å². The molecule has 0 aromatic heterocycles. The van der Waals surface area contributed by atoms with Crippen LogP contribution in [0, 0.1) is 0 Å². The van der Waals surface area contributed by atoms with Crippen molar-refractivity contribution in [3.63, 3.8) is 0 Å². The van der Waals surface area contributed by atoms with Crippen LogP contribution in [0.15, 0.2) is 0 Å². The molecule has 0 bridgehead atoms. The molecule has 0 aliphatic heterocycles. The Balaban J connectivity index is 3.76. The molecule has 0 spiro atoms. The van der Waals surface area contributed by atoms with Gasteiger partial charge in [-0.15, -0.1) is 0 Å². The van der Waals surface area contributed by atoms with E-state index in [1.165, 1.54) is 87.8 Å². The minimum atomic E-state index is -0.357. The van der Waals surface area contributed by atoms with Gasteiger partial charge in [-0.2, -0.15) is 0 Å². The Morgan fingerprint density at radius 2 is 0.912 bits per heavy atom. The zero-order valence-electron chi connectivity index (χ0n) is 23.0. The third kappa shape index (κ3) is 18.0. The maximum atomic E-state index is 5.83. The van der Waals surface area contributed by atoms with E-state index in [0.29, 0.717) is 0 Å². The molecule has 0 heterocycles. The second kappa shape index (κ2) is 25.0. The predicted octanol–water partition coefficient (Wildman–Crippen LogP) is 7.45. The number of ether oxygens (including phenoxy) is 4. The molecule has 0 amide bonds. The Morgan fingerprint density at radius 3 is 1.24 bits per heavy atom. The predicted molar refractivity (Wildman–Crippen MR) is 167 cm³/mol. The number of hydrogen-bond donors (Lipinski definition) is 0. The highest BCUT2D eigenvalue weighted by molar-refractivity contribution is 9.26. The third-order valence-electron chi connectivity index (χ3n) is 6.51. The molecule has 4 nitrogen and oxygen atoms in total. The average molecular weight is 591 g/mol. The first-order valence-electron chi connectivity index (χ1n) is 13.4. The van der Waals surface area contributed by atoms with Crippen LogP contribution in [0.25, 0.3) is 0 Å². The summed E-state index contributed by atoms with van der Waals surface area (Å²) in [7, 11) is 14.4. The summed E-state index contributed by atoms with van der Waals surface area (Å²) in [6.07, 6.45) is 14.9. The molecule has 0 saturated carbocycles. The van der Waals surface area contributed by atoms with Gasteiger partial charge in [0.05, 0.1) is 19.0 Å². The molecule has 0 aliphatic carbocycles. The Morgan fingerprint density at radius 1 is 0.529 bits per heavy atom. The fourth-order valence-corrected chi connectivity index (χ4v) is 14.5. The lowest BCUT2D eigenvalue weighted by atomic mass is 10.2. The monoisotopic (exact) mass is 590 g/mol. The van der Waals surface area contributed by atoms with Crippen molar-refractivity contribution in [2.24, 2.45) is 0 Å². The van der Waals surface area contributed by atoms with Gasteiger partial charge in [0.15, 0.2) is 0 Å². The standard InChI is InChI=1S/C24H54O4S4Si2/c1-7-9-15-21-33-23(25-3,26-4)17-11-13-19-29-31-32-30-20-14-12-18-24(27-5,28-6)34-22-16-10-8-2/h7-22,33-34H2,1-6H3. The van der Waals surface area contributed by atoms with Crippen LogP contribution in [0.1, 0.15) is 90.9 Å². The summed E-state index contributed by atoms with van der Waals surface area (Å²) >= 11 is 0. The maximum Gasteiger partial charge on any atom is 0.144 e. The molecular weight excluding hydrogens is 537 g/mol. The molecule has 0 fully saturated rings. The molecular formula is C24H54O4S4Si2. The Kier molecular flexibility index (Phi) is 26.2. The minimum absolute atomic E-state index is 0.239. The van der Waals surface area contributed by atoms with Gasteiger partial charge in [-0.1, -0.05) is 86.0 Å². The van der Waals surface area contributed by atoms with Gasteiger partial charge in [-0.3, -0.25) is 0 Å². The summed E-state index contributed by atoms with van der Waals surface area (Å²) in [6.45, 7) is 4.53. The Bertz CT molecular complexity index is 394. The van der Waals surface area contributed by atoms with Crippen LogP contribution in [0.2, 0.25) is 12.1 Å². The summed E-state index contributed by atoms with van der Waals surface area (Å²) in [5.74, 6) is 2.40. The van der Waals surface area contributed by atoms with Crippen LogP contribution in [0.5, 0.6) is 0 Å². The van der Waals surface area contributed by atoms with E-state index in [1.54, 1.807) is 0 Å². The highest BCUT2D eigenvalue weighted by atomic mass is 33.7. The van der Waals surface area contributed by atoms with Gasteiger partial charge in [0.25, 0.3) is 0 Å². The van der Waals surface area contributed by atoms with Crippen molar-refractivity contribution in [2.75, 3.05) is 39.9 Å². The number of unbranched alkanes of at least 4 members (excludes halogenated alkanes) is 6. The van der Waals surface area contributed by atoms with Crippen LogP contribution in [-0.4, -0.2) is 69.8 Å². The highest BCUT2D eigenvalue weighted by Gasteiger charge is 2.29. The molecule has 0 unspecified atom stereocenters. The van der Waals surface area contributed by atoms with Crippen molar-refractivity contribution >= 4 is 60.3 Å². The van der Waals surface area contributed by atoms with E-state index in [2.05, 4.69) is 13.8 Å². The largest absolute Gasteiger partial charge is 0.358 e. The summed E-state index contributed by atoms with van der Waals surface area (Å²) in [5.41, 5.74) is -0.477. The van der Waals surface area contributed by atoms with Crippen molar-refractivity contribution in [3.05, 3.63) is 0 Å². The lowest BCUT2D eigenvalue weighted by molar-refractivity contribution is -0.149. The van der Waals surface area contributed by atoms with Gasteiger partial charge < -0.3 is 18.9 Å². The molecule has 0 aliphatic rings. The molecule has 10 heteroatoms. The van der Waals surface area contributed by atoms with E-state index in [0.717, 1.165) is 12.8 Å². The van der Waals surface area contributed by atoms with E-state index in [-0.39, 0.29) is 29.9 Å². The van der Waals surface area contributed by atoms with Gasteiger partial charge in [0, 0.05) is 39.9 Å². The van der Waals surface area contributed by atoms with E-state index < -0.39 is 0 Å². The van der Waals surface area contributed by atoms with Crippen LogP contribution in [-0.2, 0) is 18.9 Å². The summed E-state index contributed by atoms with van der Waals surface area (Å²) in [5, 5.41) is 0. The van der Waals surface area contributed by atoms with E-state index in [4.69, 9.17) is 18.9 Å².